The van der Waals surface area contributed by atoms with Crippen molar-refractivity contribution in [2.45, 2.75) is 12.8 Å². The lowest BCUT2D eigenvalue weighted by molar-refractivity contribution is 0.0952. The number of anilines is 2. The predicted molar refractivity (Wildman–Crippen MR) is 117 cm³/mol. The second kappa shape index (κ2) is 8.36. The normalized spacial score (nSPS) is 11.3. The van der Waals surface area contributed by atoms with Crippen LogP contribution in [0, 0.1) is 0 Å². The number of carbonyl (C=O) groups is 1. The number of hydrogen-bond donors (Lipinski definition) is 3. The molecular weight excluding hydrogens is 410 g/mol. The third-order valence-electron chi connectivity index (χ3n) is 4.58. The van der Waals surface area contributed by atoms with E-state index in [1.165, 1.54) is 11.3 Å². The van der Waals surface area contributed by atoms with Gasteiger partial charge in [-0.2, -0.15) is 0 Å². The summed E-state index contributed by atoms with van der Waals surface area (Å²) in [6.45, 7) is 0.672. The van der Waals surface area contributed by atoms with Gasteiger partial charge in [0.25, 0.3) is 5.91 Å². The van der Waals surface area contributed by atoms with Crippen molar-refractivity contribution in [3.8, 4) is 0 Å². The molecule has 0 fully saturated rings. The number of amides is 1. The number of aryl methyl sites for hydroxylation is 1. The fraction of sp³-hybridized carbons (Fsp3) is 0.250. The molecule has 1 amide bonds. The van der Waals surface area contributed by atoms with Crippen LogP contribution in [0.15, 0.2) is 36.4 Å². The summed E-state index contributed by atoms with van der Waals surface area (Å²) in [6.07, 6.45) is 1.42. The predicted octanol–water partition coefficient (Wildman–Crippen LogP) is 4.08. The lowest BCUT2D eigenvalue weighted by atomic mass is 10.2. The molecule has 0 radical (unpaired) electrons. The van der Waals surface area contributed by atoms with Crippen molar-refractivity contribution in [3.63, 3.8) is 0 Å². The molecule has 0 bridgehead atoms. The Bertz CT molecular complexity index is 1190. The van der Waals surface area contributed by atoms with E-state index in [1.54, 1.807) is 6.07 Å². The first kappa shape index (κ1) is 19.6. The topological polar surface area (TPSA) is 92.1 Å². The van der Waals surface area contributed by atoms with Crippen molar-refractivity contribution >= 4 is 61.2 Å². The number of hydrogen-bond acceptors (Lipinski definition) is 6. The van der Waals surface area contributed by atoms with Crippen molar-refractivity contribution in [1.29, 1.82) is 0 Å². The van der Waals surface area contributed by atoms with Crippen LogP contribution in [0.1, 0.15) is 23.2 Å². The summed E-state index contributed by atoms with van der Waals surface area (Å²) in [6, 6.07) is 11.0. The first-order valence-corrected chi connectivity index (χ1v) is 10.4. The van der Waals surface area contributed by atoms with Crippen LogP contribution in [-0.2, 0) is 7.05 Å². The molecule has 0 atom stereocenters. The van der Waals surface area contributed by atoms with Crippen LogP contribution in [0.25, 0.3) is 21.3 Å². The first-order valence-electron chi connectivity index (χ1n) is 9.24. The van der Waals surface area contributed by atoms with E-state index in [9.17, 15) is 4.79 Å². The first-order chi connectivity index (χ1) is 14.0. The van der Waals surface area contributed by atoms with Gasteiger partial charge in [0.2, 0.25) is 5.95 Å². The highest BCUT2D eigenvalue weighted by molar-refractivity contribution is 7.22. The molecule has 0 aliphatic carbocycles. The zero-order valence-corrected chi connectivity index (χ0v) is 17.3. The highest BCUT2D eigenvalue weighted by atomic mass is 35.5. The van der Waals surface area contributed by atoms with E-state index >= 15 is 0 Å². The van der Waals surface area contributed by atoms with Gasteiger partial charge < -0.3 is 20.3 Å². The molecule has 29 heavy (non-hydrogen) atoms. The molecule has 3 N–H and O–H groups in total. The number of nitrogens with one attached hydrogen (secondary N) is 2. The molecule has 0 aliphatic heterocycles. The van der Waals surface area contributed by atoms with Gasteiger partial charge in [0.05, 0.1) is 21.3 Å². The number of nitrogens with zero attached hydrogens (tertiary/aromatic N) is 3. The summed E-state index contributed by atoms with van der Waals surface area (Å²) in [7, 11) is 1.89. The van der Waals surface area contributed by atoms with Gasteiger partial charge in [-0.25, -0.2) is 9.97 Å². The fourth-order valence-corrected chi connectivity index (χ4v) is 4.17. The van der Waals surface area contributed by atoms with Gasteiger partial charge in [0.1, 0.15) is 0 Å². The fourth-order valence-electron chi connectivity index (χ4n) is 3.03. The number of thiazole rings is 1. The van der Waals surface area contributed by atoms with Gasteiger partial charge in [0, 0.05) is 30.8 Å². The van der Waals surface area contributed by atoms with Gasteiger partial charge in [-0.15, -0.1) is 0 Å². The maximum Gasteiger partial charge on any atom is 0.251 e. The molecule has 0 saturated heterocycles. The van der Waals surface area contributed by atoms with Crippen molar-refractivity contribution in [1.82, 2.24) is 19.9 Å². The van der Waals surface area contributed by atoms with Crippen LogP contribution in [0.3, 0.4) is 0 Å². The minimum absolute atomic E-state index is 0.133. The third kappa shape index (κ3) is 4.19. The van der Waals surface area contributed by atoms with Crippen LogP contribution in [0.2, 0.25) is 5.02 Å². The minimum Gasteiger partial charge on any atom is -0.396 e. The van der Waals surface area contributed by atoms with Gasteiger partial charge >= 0.3 is 0 Å². The standard InChI is InChI=1S/C20H20ClN5O2S/c1-26-16-10-12(18(28)22-8-2-3-9-27)4-6-14(16)23-19(26)25-20-24-15-7-5-13(21)11-17(15)29-20/h4-7,10-11,27H,2-3,8-9H2,1H3,(H,22,28)(H,23,24,25). The smallest absolute Gasteiger partial charge is 0.251 e. The number of aliphatic hydroxyl groups is 1. The quantitative estimate of drug-likeness (QED) is 0.385. The SMILES string of the molecule is Cn1c(Nc2nc3ccc(Cl)cc3s2)nc2ccc(C(=O)NCCCCO)cc21. The average molecular weight is 430 g/mol. The van der Waals surface area contributed by atoms with Gasteiger partial charge in [-0.05, 0) is 49.2 Å². The van der Waals surface area contributed by atoms with Crippen LogP contribution in [0.5, 0.6) is 0 Å². The average Bonchev–Trinajstić information content (AvgIpc) is 3.25. The van der Waals surface area contributed by atoms with Gasteiger partial charge in [0.15, 0.2) is 5.13 Å². The van der Waals surface area contributed by atoms with Crippen LogP contribution >= 0.6 is 22.9 Å². The number of imidazole rings is 1. The maximum atomic E-state index is 12.3. The van der Waals surface area contributed by atoms with E-state index in [-0.39, 0.29) is 12.5 Å². The Hall–Kier alpha value is -2.68. The summed E-state index contributed by atoms with van der Waals surface area (Å²) < 4.78 is 2.90. The van der Waals surface area contributed by atoms with E-state index in [2.05, 4.69) is 20.6 Å². The number of unbranched alkanes of at least 4 members (excludes halogenated alkanes) is 1. The number of aliphatic hydroxyl groups excluding tert-OH is 1. The molecule has 2 aromatic heterocycles. The molecule has 150 valence electrons. The van der Waals surface area contributed by atoms with E-state index in [0.29, 0.717) is 29.5 Å². The lowest BCUT2D eigenvalue weighted by Gasteiger charge is -2.05. The highest BCUT2D eigenvalue weighted by Gasteiger charge is 2.13. The third-order valence-corrected chi connectivity index (χ3v) is 5.75. The number of benzene rings is 2. The molecule has 2 aromatic carbocycles. The molecule has 0 saturated carbocycles. The molecule has 0 unspecified atom stereocenters. The van der Waals surface area contributed by atoms with E-state index in [1.807, 2.05) is 41.9 Å². The van der Waals surface area contributed by atoms with Crippen LogP contribution < -0.4 is 10.6 Å². The number of carbonyl (C=O) groups excluding carboxylic acids is 1. The lowest BCUT2D eigenvalue weighted by Crippen LogP contribution is -2.24. The van der Waals surface area contributed by atoms with E-state index in [4.69, 9.17) is 16.7 Å². The molecule has 0 spiro atoms. The van der Waals surface area contributed by atoms with Crippen molar-refractivity contribution < 1.29 is 9.90 Å². The molecular formula is C20H20ClN5O2S. The number of rotatable bonds is 7. The monoisotopic (exact) mass is 429 g/mol. The number of aromatic nitrogens is 3. The Balaban J connectivity index is 1.56. The van der Waals surface area contributed by atoms with Crippen molar-refractivity contribution in [2.24, 2.45) is 7.05 Å². The Morgan fingerprint density at radius 2 is 2.00 bits per heavy atom. The Morgan fingerprint density at radius 3 is 2.83 bits per heavy atom. The second-order valence-corrected chi connectivity index (χ2v) is 8.11. The molecule has 4 aromatic rings. The maximum absolute atomic E-state index is 12.3. The Morgan fingerprint density at radius 1 is 1.17 bits per heavy atom. The molecule has 2 heterocycles. The van der Waals surface area contributed by atoms with Gasteiger partial charge in [-0.3, -0.25) is 4.79 Å². The Kier molecular flexibility index (Phi) is 5.66. The minimum atomic E-state index is -0.136. The van der Waals surface area contributed by atoms with E-state index < -0.39 is 0 Å². The largest absolute Gasteiger partial charge is 0.396 e. The summed E-state index contributed by atoms with van der Waals surface area (Å²) in [5.41, 5.74) is 3.09. The zero-order chi connectivity index (χ0) is 20.4. The summed E-state index contributed by atoms with van der Waals surface area (Å²) in [5.74, 6) is 0.509. The summed E-state index contributed by atoms with van der Waals surface area (Å²) in [5, 5.41) is 16.4. The molecule has 7 nitrogen and oxygen atoms in total. The van der Waals surface area contributed by atoms with Crippen molar-refractivity contribution in [2.75, 3.05) is 18.5 Å². The van der Waals surface area contributed by atoms with Crippen LogP contribution in [-0.4, -0.2) is 38.7 Å². The van der Waals surface area contributed by atoms with Crippen LogP contribution in [0.4, 0.5) is 11.1 Å². The Labute approximate surface area is 176 Å². The zero-order valence-electron chi connectivity index (χ0n) is 15.8. The van der Waals surface area contributed by atoms with Crippen molar-refractivity contribution in [3.05, 3.63) is 47.0 Å². The van der Waals surface area contributed by atoms with Gasteiger partial charge in [-0.1, -0.05) is 22.9 Å². The summed E-state index contributed by atoms with van der Waals surface area (Å²) in [4.78, 5) is 21.5. The molecule has 9 heteroatoms. The summed E-state index contributed by atoms with van der Waals surface area (Å²) >= 11 is 7.56. The number of fused-ring (bicyclic) bond motifs is 2. The second-order valence-electron chi connectivity index (χ2n) is 6.64. The number of halogens is 1. The van der Waals surface area contributed by atoms with E-state index in [0.717, 1.165) is 32.8 Å². The molecule has 4 rings (SSSR count). The highest BCUT2D eigenvalue weighted by Crippen LogP contribution is 2.31. The molecule has 0 aliphatic rings.